The largest absolute Gasteiger partial charge is 0.495 e. The summed E-state index contributed by atoms with van der Waals surface area (Å²) in [6, 6.07) is 13.0. The summed E-state index contributed by atoms with van der Waals surface area (Å²) in [6.07, 6.45) is -4.65. The Morgan fingerprint density at radius 3 is 2.19 bits per heavy atom. The Morgan fingerprint density at radius 2 is 1.65 bits per heavy atom. The van der Waals surface area contributed by atoms with E-state index < -0.39 is 24.4 Å². The van der Waals surface area contributed by atoms with Gasteiger partial charge < -0.3 is 9.31 Å². The molecule has 0 bridgehead atoms. The molecular weight excluding hydrogens is 342 g/mol. The van der Waals surface area contributed by atoms with Crippen LogP contribution in [-0.4, -0.2) is 20.3 Å². The van der Waals surface area contributed by atoms with Crippen LogP contribution < -0.4 is 5.46 Å². The Bertz CT molecular complexity index is 834. The average molecular weight is 359 g/mol. The van der Waals surface area contributed by atoms with Crippen LogP contribution in [0.4, 0.5) is 13.2 Å². The van der Waals surface area contributed by atoms with Crippen molar-refractivity contribution in [3.63, 3.8) is 0 Å². The van der Waals surface area contributed by atoms with E-state index in [-0.39, 0.29) is 10.9 Å². The first-order valence-corrected chi connectivity index (χ1v) is 8.15. The van der Waals surface area contributed by atoms with E-state index in [0.717, 1.165) is 6.07 Å². The fraction of sp³-hybridized carbons (Fsp3) is 0.316. The Kier molecular flexibility index (Phi) is 4.83. The van der Waals surface area contributed by atoms with Gasteiger partial charge in [-0.05, 0) is 17.2 Å². The highest BCUT2D eigenvalue weighted by Crippen LogP contribution is 2.35. The zero-order valence-electron chi connectivity index (χ0n) is 14.4. The predicted octanol–water partition coefficient (Wildman–Crippen LogP) is 4.01. The molecule has 2 aromatic carbocycles. The first-order chi connectivity index (χ1) is 12.2. The van der Waals surface area contributed by atoms with Crippen LogP contribution >= 0.6 is 0 Å². The van der Waals surface area contributed by atoms with Gasteiger partial charge in [-0.2, -0.15) is 18.4 Å². The maximum Gasteiger partial charge on any atom is 0.495 e. The lowest BCUT2D eigenvalue weighted by Gasteiger charge is -2.33. The highest BCUT2D eigenvalue weighted by Gasteiger charge is 2.40. The molecular formula is C19H17BF3NO2. The normalized spacial score (nSPS) is 17.0. The van der Waals surface area contributed by atoms with Crippen molar-refractivity contribution in [3.8, 4) is 17.2 Å². The Morgan fingerprint density at radius 1 is 1.04 bits per heavy atom. The van der Waals surface area contributed by atoms with Gasteiger partial charge in [0.05, 0.1) is 17.2 Å². The van der Waals surface area contributed by atoms with Gasteiger partial charge in [0, 0.05) is 24.1 Å². The van der Waals surface area contributed by atoms with Crippen LogP contribution in [0, 0.1) is 16.7 Å². The molecule has 0 aromatic heterocycles. The first-order valence-electron chi connectivity index (χ1n) is 8.15. The summed E-state index contributed by atoms with van der Waals surface area (Å²) >= 11 is 0. The van der Waals surface area contributed by atoms with Crippen LogP contribution in [0.5, 0.6) is 0 Å². The molecule has 1 heterocycles. The van der Waals surface area contributed by atoms with Gasteiger partial charge in [-0.25, -0.2) is 0 Å². The molecule has 0 N–H and O–H groups in total. The van der Waals surface area contributed by atoms with Gasteiger partial charge in [-0.1, -0.05) is 50.2 Å². The molecule has 2 aromatic rings. The van der Waals surface area contributed by atoms with Crippen molar-refractivity contribution in [2.24, 2.45) is 5.41 Å². The summed E-state index contributed by atoms with van der Waals surface area (Å²) in [4.78, 5) is 0. The number of halogens is 3. The maximum atomic E-state index is 13.6. The number of nitriles is 1. The minimum atomic E-state index is -4.65. The molecule has 26 heavy (non-hydrogen) atoms. The van der Waals surface area contributed by atoms with Crippen LogP contribution in [0.2, 0.25) is 0 Å². The van der Waals surface area contributed by atoms with Gasteiger partial charge in [0.2, 0.25) is 0 Å². The molecule has 0 saturated carbocycles. The molecule has 1 fully saturated rings. The second kappa shape index (κ2) is 6.78. The SMILES string of the molecule is CC1(C)COB(c2cc(-c3ccccc3)cc(C(F)(F)F)c2C#N)OC1. The monoisotopic (exact) mass is 359 g/mol. The zero-order valence-corrected chi connectivity index (χ0v) is 14.4. The van der Waals surface area contributed by atoms with E-state index in [2.05, 4.69) is 0 Å². The summed E-state index contributed by atoms with van der Waals surface area (Å²) in [6.45, 7) is 4.55. The lowest BCUT2D eigenvalue weighted by molar-refractivity contribution is -0.137. The van der Waals surface area contributed by atoms with Gasteiger partial charge in [-0.15, -0.1) is 0 Å². The standard InChI is InChI=1S/C19H17BF3NO2/c1-18(2)11-25-20(26-12-18)17-9-14(13-6-4-3-5-7-13)8-16(15(17)10-24)19(21,22)23/h3-9H,11-12H2,1-2H3. The van der Waals surface area contributed by atoms with Crippen LogP contribution in [0.15, 0.2) is 42.5 Å². The minimum absolute atomic E-state index is 0.108. The molecule has 3 rings (SSSR count). The van der Waals surface area contributed by atoms with Gasteiger partial charge in [0.1, 0.15) is 0 Å². The molecule has 0 amide bonds. The third-order valence-corrected chi connectivity index (χ3v) is 4.20. The van der Waals surface area contributed by atoms with E-state index in [1.807, 2.05) is 13.8 Å². The predicted molar refractivity (Wildman–Crippen MR) is 92.7 cm³/mol. The van der Waals surface area contributed by atoms with Crippen LogP contribution in [0.3, 0.4) is 0 Å². The van der Waals surface area contributed by atoms with E-state index in [1.54, 1.807) is 42.5 Å². The van der Waals surface area contributed by atoms with E-state index in [1.165, 1.54) is 0 Å². The Hall–Kier alpha value is -2.30. The molecule has 1 aliphatic rings. The molecule has 0 atom stereocenters. The molecule has 1 aliphatic heterocycles. The van der Waals surface area contributed by atoms with Crippen LogP contribution in [-0.2, 0) is 15.5 Å². The van der Waals surface area contributed by atoms with Crippen molar-refractivity contribution in [3.05, 3.63) is 53.6 Å². The van der Waals surface area contributed by atoms with Gasteiger partial charge in [0.15, 0.2) is 0 Å². The molecule has 1 saturated heterocycles. The molecule has 134 valence electrons. The first kappa shape index (κ1) is 18.5. The number of benzene rings is 2. The van der Waals surface area contributed by atoms with Crippen molar-refractivity contribution in [1.82, 2.24) is 0 Å². The highest BCUT2D eigenvalue weighted by atomic mass is 19.4. The maximum absolute atomic E-state index is 13.6. The zero-order chi connectivity index (χ0) is 18.9. The molecule has 3 nitrogen and oxygen atoms in total. The van der Waals surface area contributed by atoms with Crippen molar-refractivity contribution < 1.29 is 22.5 Å². The van der Waals surface area contributed by atoms with Crippen molar-refractivity contribution in [2.45, 2.75) is 20.0 Å². The quantitative estimate of drug-likeness (QED) is 0.761. The van der Waals surface area contributed by atoms with E-state index in [9.17, 15) is 18.4 Å². The van der Waals surface area contributed by atoms with Crippen LogP contribution in [0.1, 0.15) is 25.0 Å². The number of alkyl halides is 3. The summed E-state index contributed by atoms with van der Waals surface area (Å²) in [5.41, 5.74) is -0.566. The van der Waals surface area contributed by atoms with Gasteiger partial charge in [0.25, 0.3) is 0 Å². The summed E-state index contributed by atoms with van der Waals surface area (Å²) in [5, 5.41) is 9.40. The summed E-state index contributed by atoms with van der Waals surface area (Å²) in [5.74, 6) is 0. The summed E-state index contributed by atoms with van der Waals surface area (Å²) < 4.78 is 52.0. The summed E-state index contributed by atoms with van der Waals surface area (Å²) in [7, 11) is -0.998. The fourth-order valence-corrected chi connectivity index (χ4v) is 2.87. The van der Waals surface area contributed by atoms with Crippen molar-refractivity contribution >= 4 is 12.6 Å². The minimum Gasteiger partial charge on any atom is -0.407 e. The number of hydrogen-bond acceptors (Lipinski definition) is 3. The molecule has 0 aliphatic carbocycles. The highest BCUT2D eigenvalue weighted by molar-refractivity contribution is 6.62. The number of hydrogen-bond donors (Lipinski definition) is 0. The van der Waals surface area contributed by atoms with Gasteiger partial charge >= 0.3 is 13.3 Å². The van der Waals surface area contributed by atoms with E-state index >= 15 is 0 Å². The number of nitrogens with zero attached hydrogens (tertiary/aromatic N) is 1. The van der Waals surface area contributed by atoms with Crippen LogP contribution in [0.25, 0.3) is 11.1 Å². The second-order valence-corrected chi connectivity index (χ2v) is 7.08. The van der Waals surface area contributed by atoms with Crippen molar-refractivity contribution in [2.75, 3.05) is 13.2 Å². The average Bonchev–Trinajstić information content (AvgIpc) is 2.60. The lowest BCUT2D eigenvalue weighted by atomic mass is 9.71. The lowest BCUT2D eigenvalue weighted by Crippen LogP contribution is -2.48. The molecule has 0 radical (unpaired) electrons. The topological polar surface area (TPSA) is 42.2 Å². The molecule has 0 spiro atoms. The fourth-order valence-electron chi connectivity index (χ4n) is 2.87. The number of rotatable bonds is 2. The van der Waals surface area contributed by atoms with E-state index in [0.29, 0.717) is 24.3 Å². The van der Waals surface area contributed by atoms with Gasteiger partial charge in [-0.3, -0.25) is 0 Å². The molecule has 0 unspecified atom stereocenters. The molecule has 7 heteroatoms. The third-order valence-electron chi connectivity index (χ3n) is 4.20. The Labute approximate surface area is 150 Å². The van der Waals surface area contributed by atoms with Crippen molar-refractivity contribution in [1.29, 1.82) is 5.26 Å². The Balaban J connectivity index is 2.14. The smallest absolute Gasteiger partial charge is 0.407 e. The second-order valence-electron chi connectivity index (χ2n) is 7.08. The van der Waals surface area contributed by atoms with E-state index in [4.69, 9.17) is 9.31 Å². The third kappa shape index (κ3) is 3.77.